The number of carbonyl (C=O) groups is 2. The lowest BCUT2D eigenvalue weighted by Gasteiger charge is -2.27. The van der Waals surface area contributed by atoms with Crippen LogP contribution in [0.2, 0.25) is 0 Å². The SMILES string of the molecule is CC(C)=C1CCN(C(=O)N(c2ccccc2)c2ccccc2)C1=O. The molecular weight excluding hydrogens is 300 g/mol. The molecule has 2 aromatic rings. The molecule has 3 rings (SSSR count). The zero-order valence-electron chi connectivity index (χ0n) is 13.9. The summed E-state index contributed by atoms with van der Waals surface area (Å²) in [7, 11) is 0. The Labute approximate surface area is 142 Å². The predicted molar refractivity (Wildman–Crippen MR) is 95.1 cm³/mol. The number of para-hydroxylation sites is 2. The maximum atomic E-state index is 13.1. The average molecular weight is 320 g/mol. The van der Waals surface area contributed by atoms with Crippen molar-refractivity contribution in [2.45, 2.75) is 20.3 Å². The van der Waals surface area contributed by atoms with E-state index in [2.05, 4.69) is 0 Å². The third-order valence-electron chi connectivity index (χ3n) is 4.14. The van der Waals surface area contributed by atoms with Crippen molar-refractivity contribution in [3.8, 4) is 0 Å². The highest BCUT2D eigenvalue weighted by Crippen LogP contribution is 2.29. The van der Waals surface area contributed by atoms with E-state index in [-0.39, 0.29) is 11.9 Å². The second-order valence-corrected chi connectivity index (χ2v) is 5.97. The molecule has 0 unspecified atom stereocenters. The molecule has 24 heavy (non-hydrogen) atoms. The van der Waals surface area contributed by atoms with Gasteiger partial charge in [0.05, 0.1) is 11.4 Å². The maximum Gasteiger partial charge on any atom is 0.336 e. The number of carbonyl (C=O) groups excluding carboxylic acids is 2. The number of benzene rings is 2. The Hall–Kier alpha value is -2.88. The highest BCUT2D eigenvalue weighted by Gasteiger charge is 2.35. The van der Waals surface area contributed by atoms with Crippen LogP contribution in [-0.2, 0) is 4.79 Å². The van der Waals surface area contributed by atoms with Crippen molar-refractivity contribution in [3.05, 3.63) is 71.8 Å². The minimum absolute atomic E-state index is 0.183. The van der Waals surface area contributed by atoms with Crippen LogP contribution in [0.4, 0.5) is 16.2 Å². The summed E-state index contributed by atoms with van der Waals surface area (Å²) in [6.45, 7) is 4.25. The Morgan fingerprint density at radius 3 is 1.83 bits per heavy atom. The fraction of sp³-hybridized carbons (Fsp3) is 0.200. The van der Waals surface area contributed by atoms with Crippen molar-refractivity contribution >= 4 is 23.3 Å². The number of allylic oxidation sites excluding steroid dienone is 1. The molecule has 0 N–H and O–H groups in total. The van der Waals surface area contributed by atoms with Crippen molar-refractivity contribution in [2.24, 2.45) is 0 Å². The first kappa shape index (κ1) is 16.0. The summed E-state index contributed by atoms with van der Waals surface area (Å²) in [5.41, 5.74) is 3.20. The van der Waals surface area contributed by atoms with Crippen LogP contribution in [-0.4, -0.2) is 23.4 Å². The summed E-state index contributed by atoms with van der Waals surface area (Å²) in [5.74, 6) is -0.183. The molecule has 0 aliphatic carbocycles. The summed E-state index contributed by atoms with van der Waals surface area (Å²) < 4.78 is 0. The number of anilines is 2. The van der Waals surface area contributed by atoms with Gasteiger partial charge >= 0.3 is 6.03 Å². The van der Waals surface area contributed by atoms with Crippen molar-refractivity contribution in [2.75, 3.05) is 11.4 Å². The van der Waals surface area contributed by atoms with Gasteiger partial charge in [-0.25, -0.2) is 4.79 Å². The predicted octanol–water partition coefficient (Wildman–Crippen LogP) is 4.51. The quantitative estimate of drug-likeness (QED) is 0.764. The minimum Gasteiger partial charge on any atom is -0.269 e. The molecule has 1 aliphatic rings. The van der Waals surface area contributed by atoms with Crippen LogP contribution >= 0.6 is 0 Å². The Morgan fingerprint density at radius 2 is 1.42 bits per heavy atom. The largest absolute Gasteiger partial charge is 0.336 e. The topological polar surface area (TPSA) is 40.6 Å². The molecule has 1 heterocycles. The zero-order valence-corrected chi connectivity index (χ0v) is 13.9. The van der Waals surface area contributed by atoms with Gasteiger partial charge in [-0.1, -0.05) is 42.0 Å². The van der Waals surface area contributed by atoms with E-state index < -0.39 is 0 Å². The lowest BCUT2D eigenvalue weighted by atomic mass is 10.1. The molecule has 0 aromatic heterocycles. The molecule has 0 spiro atoms. The monoisotopic (exact) mass is 320 g/mol. The van der Waals surface area contributed by atoms with E-state index >= 15 is 0 Å². The molecule has 1 fully saturated rings. The number of nitrogens with zero attached hydrogens (tertiary/aromatic N) is 2. The van der Waals surface area contributed by atoms with Gasteiger partial charge in [-0.05, 0) is 44.5 Å². The normalized spacial score (nSPS) is 14.0. The van der Waals surface area contributed by atoms with Gasteiger partial charge in [0.1, 0.15) is 0 Å². The van der Waals surface area contributed by atoms with E-state index in [0.29, 0.717) is 13.0 Å². The van der Waals surface area contributed by atoms with Crippen LogP contribution in [0.5, 0.6) is 0 Å². The number of rotatable bonds is 2. The first-order valence-corrected chi connectivity index (χ1v) is 8.02. The molecule has 122 valence electrons. The summed E-state index contributed by atoms with van der Waals surface area (Å²) >= 11 is 0. The highest BCUT2D eigenvalue weighted by molar-refractivity contribution is 6.12. The summed E-state index contributed by atoms with van der Waals surface area (Å²) in [6, 6.07) is 18.5. The van der Waals surface area contributed by atoms with Crippen molar-refractivity contribution in [1.29, 1.82) is 0 Å². The van der Waals surface area contributed by atoms with E-state index in [4.69, 9.17) is 0 Å². The summed E-state index contributed by atoms with van der Waals surface area (Å²) in [6.07, 6.45) is 0.615. The van der Waals surface area contributed by atoms with Crippen LogP contribution in [0, 0.1) is 0 Å². The second kappa shape index (κ2) is 6.71. The van der Waals surface area contributed by atoms with Gasteiger partial charge in [0.2, 0.25) is 0 Å². The molecule has 0 radical (unpaired) electrons. The zero-order chi connectivity index (χ0) is 17.1. The number of urea groups is 1. The number of amides is 3. The molecule has 2 aromatic carbocycles. The van der Waals surface area contributed by atoms with Crippen LogP contribution in [0.3, 0.4) is 0 Å². The Kier molecular flexibility index (Phi) is 4.47. The van der Waals surface area contributed by atoms with E-state index in [1.165, 1.54) is 4.90 Å². The number of imide groups is 1. The van der Waals surface area contributed by atoms with Crippen LogP contribution in [0.15, 0.2) is 71.8 Å². The van der Waals surface area contributed by atoms with E-state index in [1.54, 1.807) is 4.90 Å². The molecule has 1 aliphatic heterocycles. The summed E-state index contributed by atoms with van der Waals surface area (Å²) in [5, 5.41) is 0. The molecule has 3 amide bonds. The minimum atomic E-state index is -0.311. The first-order chi connectivity index (χ1) is 11.6. The van der Waals surface area contributed by atoms with Crippen molar-refractivity contribution in [1.82, 2.24) is 4.90 Å². The van der Waals surface area contributed by atoms with Gasteiger partial charge in [-0.15, -0.1) is 0 Å². The fourth-order valence-electron chi connectivity index (χ4n) is 2.89. The Bertz CT molecular complexity index is 738. The molecule has 1 saturated heterocycles. The van der Waals surface area contributed by atoms with Gasteiger partial charge < -0.3 is 0 Å². The third kappa shape index (κ3) is 2.95. The van der Waals surface area contributed by atoms with E-state index in [1.807, 2.05) is 74.5 Å². The maximum absolute atomic E-state index is 13.1. The van der Waals surface area contributed by atoms with Gasteiger partial charge in [0, 0.05) is 12.1 Å². The van der Waals surface area contributed by atoms with Crippen molar-refractivity contribution in [3.63, 3.8) is 0 Å². The van der Waals surface area contributed by atoms with E-state index in [0.717, 1.165) is 22.5 Å². The Balaban J connectivity index is 2.00. The molecule has 4 heteroatoms. The smallest absolute Gasteiger partial charge is 0.269 e. The Morgan fingerprint density at radius 1 is 0.917 bits per heavy atom. The van der Waals surface area contributed by atoms with Gasteiger partial charge in [0.25, 0.3) is 5.91 Å². The summed E-state index contributed by atoms with van der Waals surface area (Å²) in [4.78, 5) is 28.6. The third-order valence-corrected chi connectivity index (χ3v) is 4.14. The average Bonchev–Trinajstić information content (AvgIpc) is 2.99. The highest BCUT2D eigenvalue weighted by atomic mass is 16.2. The van der Waals surface area contributed by atoms with Gasteiger partial charge in [-0.3, -0.25) is 14.6 Å². The molecule has 0 saturated carbocycles. The molecule has 4 nitrogen and oxygen atoms in total. The number of likely N-dealkylation sites (tertiary alicyclic amines) is 1. The first-order valence-electron chi connectivity index (χ1n) is 8.02. The second-order valence-electron chi connectivity index (χ2n) is 5.97. The lowest BCUT2D eigenvalue weighted by molar-refractivity contribution is -0.122. The van der Waals surface area contributed by atoms with Crippen LogP contribution in [0.1, 0.15) is 20.3 Å². The standard InChI is InChI=1S/C20H20N2O2/c1-15(2)18-13-14-21(19(18)23)20(24)22(16-9-5-3-6-10-16)17-11-7-4-8-12-17/h3-12H,13-14H2,1-2H3. The lowest BCUT2D eigenvalue weighted by Crippen LogP contribution is -2.41. The molecular formula is C20H20N2O2. The molecule has 0 atom stereocenters. The van der Waals surface area contributed by atoms with Crippen LogP contribution in [0.25, 0.3) is 0 Å². The van der Waals surface area contributed by atoms with Gasteiger partial charge in [-0.2, -0.15) is 0 Å². The fourth-order valence-corrected chi connectivity index (χ4v) is 2.89. The van der Waals surface area contributed by atoms with Crippen LogP contribution < -0.4 is 4.90 Å². The van der Waals surface area contributed by atoms with E-state index in [9.17, 15) is 9.59 Å². The van der Waals surface area contributed by atoms with Crippen molar-refractivity contribution < 1.29 is 9.59 Å². The number of hydrogen-bond donors (Lipinski definition) is 0. The van der Waals surface area contributed by atoms with Gasteiger partial charge in [0.15, 0.2) is 0 Å². The number of hydrogen-bond acceptors (Lipinski definition) is 2. The molecule has 0 bridgehead atoms.